The molecule has 0 aliphatic carbocycles. The first-order chi connectivity index (χ1) is 6.06. The minimum atomic E-state index is -2.72. The Morgan fingerprint density at radius 3 is 2.62 bits per heavy atom. The third kappa shape index (κ3) is 2.12. The molecule has 13 heavy (non-hydrogen) atoms. The molecule has 0 atom stereocenters. The Labute approximate surface area is 78.5 Å². The first-order valence-electron chi connectivity index (χ1n) is 3.56. The lowest BCUT2D eigenvalue weighted by Crippen LogP contribution is -2.01. The Morgan fingerprint density at radius 1 is 1.54 bits per heavy atom. The molecule has 1 heterocycles. The predicted molar refractivity (Wildman–Crippen MR) is 43.4 cm³/mol. The Balaban J connectivity index is 3.29. The van der Waals surface area contributed by atoms with Gasteiger partial charge in [-0.15, -0.1) is 11.6 Å². The van der Waals surface area contributed by atoms with Crippen molar-refractivity contribution in [3.8, 4) is 0 Å². The van der Waals surface area contributed by atoms with Gasteiger partial charge in [0.15, 0.2) is 0 Å². The molecular formula is C8H7ClF3N. The van der Waals surface area contributed by atoms with Gasteiger partial charge >= 0.3 is 0 Å². The second-order valence-corrected chi connectivity index (χ2v) is 2.82. The molecule has 0 radical (unpaired) electrons. The van der Waals surface area contributed by atoms with Crippen molar-refractivity contribution in [3.63, 3.8) is 0 Å². The van der Waals surface area contributed by atoms with Crippen molar-refractivity contribution in [1.82, 2.24) is 4.98 Å². The first-order valence-corrected chi connectivity index (χ1v) is 4.09. The molecule has 0 fully saturated rings. The Bertz CT molecular complexity index is 315. The molecule has 72 valence electrons. The van der Waals surface area contributed by atoms with E-state index in [9.17, 15) is 13.2 Å². The molecule has 0 bridgehead atoms. The monoisotopic (exact) mass is 209 g/mol. The SMILES string of the molecule is Cc1cc(C(F)F)c(CCl)c(F)n1. The van der Waals surface area contributed by atoms with Crippen molar-refractivity contribution in [3.05, 3.63) is 28.8 Å². The molecule has 1 aromatic rings. The molecule has 0 aliphatic rings. The number of halogens is 4. The van der Waals surface area contributed by atoms with Gasteiger partial charge in [0.05, 0.1) is 5.88 Å². The molecule has 0 spiro atoms. The van der Waals surface area contributed by atoms with Gasteiger partial charge in [-0.2, -0.15) is 4.39 Å². The smallest absolute Gasteiger partial charge is 0.225 e. The highest BCUT2D eigenvalue weighted by molar-refractivity contribution is 6.17. The molecule has 0 unspecified atom stereocenters. The predicted octanol–water partition coefficient (Wildman–Crippen LogP) is 3.21. The maximum Gasteiger partial charge on any atom is 0.264 e. The molecule has 0 saturated carbocycles. The molecular weight excluding hydrogens is 203 g/mol. The molecule has 0 saturated heterocycles. The van der Waals surface area contributed by atoms with Crippen LogP contribution in [0.25, 0.3) is 0 Å². The van der Waals surface area contributed by atoms with Crippen molar-refractivity contribution in [2.75, 3.05) is 0 Å². The fourth-order valence-electron chi connectivity index (χ4n) is 1.01. The molecule has 0 aromatic carbocycles. The highest BCUT2D eigenvalue weighted by atomic mass is 35.5. The molecule has 1 aromatic heterocycles. The van der Waals surface area contributed by atoms with E-state index in [0.29, 0.717) is 0 Å². The Kier molecular flexibility index (Phi) is 3.14. The summed E-state index contributed by atoms with van der Waals surface area (Å²) in [5.74, 6) is -1.20. The van der Waals surface area contributed by atoms with Gasteiger partial charge in [0.25, 0.3) is 6.43 Å². The third-order valence-corrected chi connectivity index (χ3v) is 1.87. The van der Waals surface area contributed by atoms with Crippen LogP contribution in [-0.2, 0) is 5.88 Å². The van der Waals surface area contributed by atoms with Crippen LogP contribution >= 0.6 is 11.6 Å². The van der Waals surface area contributed by atoms with Crippen molar-refractivity contribution in [2.45, 2.75) is 19.2 Å². The first kappa shape index (κ1) is 10.3. The van der Waals surface area contributed by atoms with Gasteiger partial charge in [-0.25, -0.2) is 13.8 Å². The second kappa shape index (κ2) is 3.96. The number of nitrogens with zero attached hydrogens (tertiary/aromatic N) is 1. The number of aryl methyl sites for hydroxylation is 1. The van der Waals surface area contributed by atoms with Crippen molar-refractivity contribution >= 4 is 11.6 Å². The summed E-state index contributed by atoms with van der Waals surface area (Å²) in [5.41, 5.74) is -0.371. The Hall–Kier alpha value is -0.770. The molecule has 1 nitrogen and oxygen atoms in total. The third-order valence-electron chi connectivity index (χ3n) is 1.61. The van der Waals surface area contributed by atoms with E-state index < -0.39 is 12.4 Å². The van der Waals surface area contributed by atoms with Crippen LogP contribution in [0.15, 0.2) is 6.07 Å². The molecule has 0 amide bonds. The summed E-state index contributed by atoms with van der Waals surface area (Å²) in [6.45, 7) is 1.45. The minimum absolute atomic E-state index is 0.220. The zero-order valence-corrected chi connectivity index (χ0v) is 7.58. The van der Waals surface area contributed by atoms with Gasteiger partial charge in [0.2, 0.25) is 5.95 Å². The zero-order valence-electron chi connectivity index (χ0n) is 6.82. The van der Waals surface area contributed by atoms with Crippen LogP contribution in [0.2, 0.25) is 0 Å². The van der Waals surface area contributed by atoms with Gasteiger partial charge in [0, 0.05) is 16.8 Å². The summed E-state index contributed by atoms with van der Waals surface area (Å²) < 4.78 is 37.6. The summed E-state index contributed by atoms with van der Waals surface area (Å²) in [7, 11) is 0. The lowest BCUT2D eigenvalue weighted by molar-refractivity contribution is 0.149. The highest BCUT2D eigenvalue weighted by Gasteiger charge is 2.17. The fraction of sp³-hybridized carbons (Fsp3) is 0.375. The number of alkyl halides is 3. The summed E-state index contributed by atoms with van der Waals surface area (Å²) in [6, 6.07) is 1.14. The van der Waals surface area contributed by atoms with Gasteiger partial charge in [-0.1, -0.05) is 0 Å². The number of aromatic nitrogens is 1. The van der Waals surface area contributed by atoms with Gasteiger partial charge in [-0.05, 0) is 13.0 Å². The van der Waals surface area contributed by atoms with Crippen LogP contribution < -0.4 is 0 Å². The number of rotatable bonds is 2. The lowest BCUT2D eigenvalue weighted by Gasteiger charge is -2.07. The maximum absolute atomic E-state index is 12.9. The van der Waals surface area contributed by atoms with Crippen LogP contribution in [-0.4, -0.2) is 4.98 Å². The molecule has 0 N–H and O–H groups in total. The average molecular weight is 210 g/mol. The van der Waals surface area contributed by atoms with Crippen LogP contribution in [0.3, 0.4) is 0 Å². The summed E-state index contributed by atoms with van der Waals surface area (Å²) in [4.78, 5) is 3.40. The number of hydrogen-bond acceptors (Lipinski definition) is 1. The van der Waals surface area contributed by atoms with Gasteiger partial charge in [-0.3, -0.25) is 0 Å². The van der Waals surface area contributed by atoms with Gasteiger partial charge < -0.3 is 0 Å². The van der Waals surface area contributed by atoms with E-state index in [2.05, 4.69) is 4.98 Å². The Morgan fingerprint density at radius 2 is 2.15 bits per heavy atom. The van der Waals surface area contributed by atoms with E-state index in [1.54, 1.807) is 0 Å². The van der Waals surface area contributed by atoms with E-state index in [1.807, 2.05) is 0 Å². The van der Waals surface area contributed by atoms with Crippen molar-refractivity contribution < 1.29 is 13.2 Å². The summed E-state index contributed by atoms with van der Waals surface area (Å²) >= 11 is 5.32. The highest BCUT2D eigenvalue weighted by Crippen LogP contribution is 2.26. The van der Waals surface area contributed by atoms with Crippen molar-refractivity contribution in [1.29, 1.82) is 0 Å². The summed E-state index contributed by atoms with van der Waals surface area (Å²) in [6.07, 6.45) is -2.72. The van der Waals surface area contributed by atoms with Gasteiger partial charge in [0.1, 0.15) is 0 Å². The number of pyridine rings is 1. The normalized spacial score (nSPS) is 10.9. The molecule has 1 rings (SSSR count). The van der Waals surface area contributed by atoms with E-state index in [4.69, 9.17) is 11.6 Å². The standard InChI is InChI=1S/C8H7ClF3N/c1-4-2-5(7(10)11)6(3-9)8(12)13-4/h2,7H,3H2,1H3. The largest absolute Gasteiger partial charge is 0.264 e. The molecule has 5 heteroatoms. The maximum atomic E-state index is 12.9. The van der Waals surface area contributed by atoms with Crippen molar-refractivity contribution in [2.24, 2.45) is 0 Å². The van der Waals surface area contributed by atoms with Crippen LogP contribution in [0.1, 0.15) is 23.2 Å². The van der Waals surface area contributed by atoms with E-state index in [-0.39, 0.29) is 22.7 Å². The minimum Gasteiger partial charge on any atom is -0.225 e. The zero-order chi connectivity index (χ0) is 10.0. The lowest BCUT2D eigenvalue weighted by atomic mass is 10.1. The van der Waals surface area contributed by atoms with Crippen LogP contribution in [0.4, 0.5) is 13.2 Å². The average Bonchev–Trinajstić information content (AvgIpc) is 2.02. The van der Waals surface area contributed by atoms with Crippen LogP contribution in [0, 0.1) is 12.9 Å². The topological polar surface area (TPSA) is 12.9 Å². The quantitative estimate of drug-likeness (QED) is 0.538. The number of hydrogen-bond donors (Lipinski definition) is 0. The fourth-order valence-corrected chi connectivity index (χ4v) is 1.28. The van der Waals surface area contributed by atoms with E-state index >= 15 is 0 Å². The van der Waals surface area contributed by atoms with E-state index in [1.165, 1.54) is 6.92 Å². The molecule has 0 aliphatic heterocycles. The van der Waals surface area contributed by atoms with E-state index in [0.717, 1.165) is 6.07 Å². The van der Waals surface area contributed by atoms with Crippen LogP contribution in [0.5, 0.6) is 0 Å². The summed E-state index contributed by atoms with van der Waals surface area (Å²) in [5, 5.41) is 0. The second-order valence-electron chi connectivity index (χ2n) is 2.56.